The van der Waals surface area contributed by atoms with Crippen LogP contribution in [0.5, 0.6) is 11.5 Å². The van der Waals surface area contributed by atoms with Crippen LogP contribution in [0.4, 0.5) is 0 Å². The molecule has 118 valence electrons. The number of hydrogen-bond donors (Lipinski definition) is 1. The molecule has 0 amide bonds. The van der Waals surface area contributed by atoms with Crippen LogP contribution in [-0.4, -0.2) is 20.3 Å². The first kappa shape index (κ1) is 17.1. The van der Waals surface area contributed by atoms with Gasteiger partial charge in [0.2, 0.25) is 0 Å². The van der Waals surface area contributed by atoms with Crippen molar-refractivity contribution in [1.82, 2.24) is 5.32 Å². The van der Waals surface area contributed by atoms with Gasteiger partial charge in [0.05, 0.1) is 17.8 Å². The van der Waals surface area contributed by atoms with Crippen molar-refractivity contribution in [3.63, 3.8) is 0 Å². The Morgan fingerprint density at radius 1 is 1.05 bits per heavy atom. The summed E-state index contributed by atoms with van der Waals surface area (Å²) < 4.78 is 12.0. The number of methoxy groups -OCH3 is 2. The molecule has 2 aromatic carbocycles. The number of benzene rings is 2. The molecule has 0 radical (unpaired) electrons. The van der Waals surface area contributed by atoms with E-state index in [0.29, 0.717) is 6.04 Å². The van der Waals surface area contributed by atoms with Crippen LogP contribution in [0.3, 0.4) is 0 Å². The molecule has 22 heavy (non-hydrogen) atoms. The minimum absolute atomic E-state index is 0.346. The lowest BCUT2D eigenvalue weighted by Crippen LogP contribution is -2.27. The molecular weight excluding hydrogens is 389 g/mol. The maximum Gasteiger partial charge on any atom is 0.132 e. The third-order valence-electron chi connectivity index (χ3n) is 3.58. The summed E-state index contributed by atoms with van der Waals surface area (Å²) in [6, 6.07) is 14.9. The first-order valence-corrected chi connectivity index (χ1v) is 8.39. The van der Waals surface area contributed by atoms with E-state index in [9.17, 15) is 0 Å². The van der Waals surface area contributed by atoms with E-state index >= 15 is 0 Å². The highest BCUT2D eigenvalue weighted by molar-refractivity contribution is 14.1. The molecular formula is C18H22INO2. The second kappa shape index (κ2) is 8.39. The van der Waals surface area contributed by atoms with Gasteiger partial charge in [0.1, 0.15) is 11.5 Å². The Morgan fingerprint density at radius 3 is 2.36 bits per heavy atom. The van der Waals surface area contributed by atoms with Crippen molar-refractivity contribution in [2.24, 2.45) is 0 Å². The standard InChI is InChI=1S/C18H22INO2/c1-13(20-12-14-7-5-4-6-8-14)9-15-10-18(22-3)16(19)11-17(15)21-2/h4-8,10-11,13,20H,9,12H2,1-3H3. The molecule has 2 aromatic rings. The predicted molar refractivity (Wildman–Crippen MR) is 98.7 cm³/mol. The van der Waals surface area contributed by atoms with E-state index < -0.39 is 0 Å². The van der Waals surface area contributed by atoms with Gasteiger partial charge in [-0.1, -0.05) is 30.3 Å². The Bertz CT molecular complexity index is 602. The number of halogens is 1. The molecule has 3 nitrogen and oxygen atoms in total. The van der Waals surface area contributed by atoms with Crippen LogP contribution in [0, 0.1) is 3.57 Å². The highest BCUT2D eigenvalue weighted by Crippen LogP contribution is 2.30. The average molecular weight is 411 g/mol. The van der Waals surface area contributed by atoms with Gasteiger partial charge in [0.25, 0.3) is 0 Å². The van der Waals surface area contributed by atoms with E-state index in [1.54, 1.807) is 14.2 Å². The predicted octanol–water partition coefficient (Wildman–Crippen LogP) is 4.03. The zero-order valence-corrected chi connectivity index (χ0v) is 15.4. The summed E-state index contributed by atoms with van der Waals surface area (Å²) >= 11 is 2.26. The van der Waals surface area contributed by atoms with Gasteiger partial charge >= 0.3 is 0 Å². The largest absolute Gasteiger partial charge is 0.496 e. The zero-order chi connectivity index (χ0) is 15.9. The fourth-order valence-electron chi connectivity index (χ4n) is 2.37. The SMILES string of the molecule is COc1cc(CC(C)NCc2ccccc2)c(OC)cc1I. The summed E-state index contributed by atoms with van der Waals surface area (Å²) in [5.74, 6) is 1.81. The molecule has 1 unspecified atom stereocenters. The van der Waals surface area contributed by atoms with Crippen molar-refractivity contribution < 1.29 is 9.47 Å². The van der Waals surface area contributed by atoms with Crippen LogP contribution in [0.25, 0.3) is 0 Å². The quantitative estimate of drug-likeness (QED) is 0.698. The van der Waals surface area contributed by atoms with Crippen molar-refractivity contribution >= 4 is 22.6 Å². The normalized spacial score (nSPS) is 12.0. The van der Waals surface area contributed by atoms with E-state index in [-0.39, 0.29) is 0 Å². The average Bonchev–Trinajstić information content (AvgIpc) is 2.55. The van der Waals surface area contributed by atoms with Crippen LogP contribution >= 0.6 is 22.6 Å². The smallest absolute Gasteiger partial charge is 0.132 e. The monoisotopic (exact) mass is 411 g/mol. The van der Waals surface area contributed by atoms with Crippen molar-refractivity contribution in [1.29, 1.82) is 0 Å². The number of ether oxygens (including phenoxy) is 2. The fourth-order valence-corrected chi connectivity index (χ4v) is 3.03. The minimum Gasteiger partial charge on any atom is -0.496 e. The van der Waals surface area contributed by atoms with Gasteiger partial charge in [-0.05, 0) is 59.2 Å². The molecule has 0 aliphatic heterocycles. The summed E-state index contributed by atoms with van der Waals surface area (Å²) in [6.07, 6.45) is 0.892. The molecule has 2 rings (SSSR count). The van der Waals surface area contributed by atoms with Gasteiger partial charge in [0.15, 0.2) is 0 Å². The molecule has 1 N–H and O–H groups in total. The Morgan fingerprint density at radius 2 is 1.73 bits per heavy atom. The van der Waals surface area contributed by atoms with Crippen LogP contribution < -0.4 is 14.8 Å². The van der Waals surface area contributed by atoms with Gasteiger partial charge in [-0.15, -0.1) is 0 Å². The highest BCUT2D eigenvalue weighted by atomic mass is 127. The molecule has 0 saturated heterocycles. The van der Waals surface area contributed by atoms with Gasteiger partial charge < -0.3 is 14.8 Å². The van der Waals surface area contributed by atoms with Gasteiger partial charge in [0, 0.05) is 12.6 Å². The van der Waals surface area contributed by atoms with Crippen molar-refractivity contribution in [2.45, 2.75) is 25.9 Å². The molecule has 0 aromatic heterocycles. The van der Waals surface area contributed by atoms with Crippen LogP contribution in [0.1, 0.15) is 18.1 Å². The van der Waals surface area contributed by atoms with Crippen molar-refractivity contribution in [3.05, 3.63) is 57.2 Å². The third kappa shape index (κ3) is 4.61. The molecule has 0 spiro atoms. The van der Waals surface area contributed by atoms with E-state index in [4.69, 9.17) is 9.47 Å². The molecule has 1 atom stereocenters. The Labute approximate surface area is 146 Å². The second-order valence-electron chi connectivity index (χ2n) is 5.27. The van der Waals surface area contributed by atoms with Gasteiger partial charge in [-0.25, -0.2) is 0 Å². The fraction of sp³-hybridized carbons (Fsp3) is 0.333. The van der Waals surface area contributed by atoms with Crippen LogP contribution in [0.15, 0.2) is 42.5 Å². The van der Waals surface area contributed by atoms with Crippen LogP contribution in [0.2, 0.25) is 0 Å². The maximum atomic E-state index is 5.50. The maximum absolute atomic E-state index is 5.50. The van der Waals surface area contributed by atoms with Crippen LogP contribution in [-0.2, 0) is 13.0 Å². The Hall–Kier alpha value is -1.27. The first-order chi connectivity index (χ1) is 10.6. The second-order valence-corrected chi connectivity index (χ2v) is 6.43. The molecule has 0 heterocycles. The molecule has 0 aliphatic rings. The third-order valence-corrected chi connectivity index (χ3v) is 4.42. The molecule has 0 bridgehead atoms. The van der Waals surface area contributed by atoms with E-state index in [1.165, 1.54) is 5.56 Å². The molecule has 0 aliphatic carbocycles. The van der Waals surface area contributed by atoms with Crippen molar-refractivity contribution in [2.75, 3.05) is 14.2 Å². The summed E-state index contributed by atoms with van der Waals surface area (Å²) in [7, 11) is 3.41. The zero-order valence-electron chi connectivity index (χ0n) is 13.2. The number of hydrogen-bond acceptors (Lipinski definition) is 3. The summed E-state index contributed by atoms with van der Waals surface area (Å²) in [5, 5.41) is 3.55. The van der Waals surface area contributed by atoms with E-state index in [1.807, 2.05) is 12.1 Å². The van der Waals surface area contributed by atoms with Crippen molar-refractivity contribution in [3.8, 4) is 11.5 Å². The molecule has 4 heteroatoms. The highest BCUT2D eigenvalue weighted by Gasteiger charge is 2.12. The lowest BCUT2D eigenvalue weighted by atomic mass is 10.1. The first-order valence-electron chi connectivity index (χ1n) is 7.31. The summed E-state index contributed by atoms with van der Waals surface area (Å²) in [6.45, 7) is 3.05. The minimum atomic E-state index is 0.346. The van der Waals surface area contributed by atoms with E-state index in [2.05, 4.69) is 65.2 Å². The molecule has 0 fully saturated rings. The topological polar surface area (TPSA) is 30.5 Å². The number of rotatable bonds is 7. The Balaban J connectivity index is 2.02. The van der Waals surface area contributed by atoms with E-state index in [0.717, 1.165) is 33.6 Å². The lowest BCUT2D eigenvalue weighted by Gasteiger charge is -2.17. The molecule has 0 saturated carbocycles. The summed E-state index contributed by atoms with van der Waals surface area (Å²) in [4.78, 5) is 0. The Kier molecular flexibility index (Phi) is 6.51. The number of nitrogens with one attached hydrogen (secondary N) is 1. The summed E-state index contributed by atoms with van der Waals surface area (Å²) in [5.41, 5.74) is 2.45. The van der Waals surface area contributed by atoms with Gasteiger partial charge in [-0.2, -0.15) is 0 Å². The van der Waals surface area contributed by atoms with Gasteiger partial charge in [-0.3, -0.25) is 0 Å². The lowest BCUT2D eigenvalue weighted by molar-refractivity contribution is 0.393.